The number of amides is 1. The first kappa shape index (κ1) is 17.0. The Kier molecular flexibility index (Phi) is 6.15. The third-order valence-corrected chi connectivity index (χ3v) is 3.85. The molecule has 6 nitrogen and oxygen atoms in total. The normalized spacial score (nSPS) is 17.0. The van der Waals surface area contributed by atoms with E-state index in [1.54, 1.807) is 0 Å². The highest BCUT2D eigenvalue weighted by atomic mass is 16.1. The van der Waals surface area contributed by atoms with Crippen molar-refractivity contribution in [3.63, 3.8) is 0 Å². The molecule has 0 aromatic heterocycles. The number of hydrazine groups is 1. The van der Waals surface area contributed by atoms with Crippen molar-refractivity contribution < 1.29 is 4.79 Å². The maximum atomic E-state index is 12.2. The summed E-state index contributed by atoms with van der Waals surface area (Å²) in [5.41, 5.74) is 4.51. The maximum Gasteiger partial charge on any atom is 0.243 e. The molecule has 122 valence electrons. The molecule has 1 aromatic carbocycles. The molecule has 1 saturated heterocycles. The van der Waals surface area contributed by atoms with Crippen molar-refractivity contribution in [1.29, 1.82) is 5.26 Å². The number of hydrogen-bond donors (Lipinski definition) is 2. The van der Waals surface area contributed by atoms with Crippen LogP contribution >= 0.6 is 0 Å². The molecule has 1 atom stereocenters. The van der Waals surface area contributed by atoms with E-state index in [2.05, 4.69) is 29.3 Å². The standard InChI is InChI=1S/C17H23N5O/c1-14(20-22-10-8-21(2)9-11-22)16(12-18)17(23)19-13-15-6-4-3-5-7-15/h3-7,16,20H,1,8-11,13H2,2H3,(H,19,23)/t16-/m0/s1. The molecule has 1 aromatic rings. The number of likely N-dealkylation sites (N-methyl/N-ethyl adjacent to an activating group) is 1. The molecule has 0 saturated carbocycles. The molecule has 1 aliphatic rings. The number of rotatable bonds is 6. The molecule has 0 unspecified atom stereocenters. The number of nitriles is 1. The van der Waals surface area contributed by atoms with Crippen LogP contribution in [0.2, 0.25) is 0 Å². The molecule has 1 aliphatic heterocycles. The maximum absolute atomic E-state index is 12.2. The second-order valence-corrected chi connectivity index (χ2v) is 5.69. The summed E-state index contributed by atoms with van der Waals surface area (Å²) in [5, 5.41) is 14.1. The van der Waals surface area contributed by atoms with E-state index >= 15 is 0 Å². The minimum absolute atomic E-state index is 0.331. The lowest BCUT2D eigenvalue weighted by Crippen LogP contribution is -2.51. The highest BCUT2D eigenvalue weighted by molar-refractivity contribution is 5.83. The largest absolute Gasteiger partial charge is 0.351 e. The van der Waals surface area contributed by atoms with Crippen molar-refractivity contribution in [3.8, 4) is 6.07 Å². The highest BCUT2D eigenvalue weighted by Crippen LogP contribution is 2.08. The smallest absolute Gasteiger partial charge is 0.243 e. The average molecular weight is 313 g/mol. The molecule has 6 heteroatoms. The predicted octanol–water partition coefficient (Wildman–Crippen LogP) is 0.708. The van der Waals surface area contributed by atoms with Gasteiger partial charge in [0, 0.05) is 38.4 Å². The summed E-state index contributed by atoms with van der Waals surface area (Å²) in [6.07, 6.45) is 0. The fraction of sp³-hybridized carbons (Fsp3) is 0.412. The fourth-order valence-corrected chi connectivity index (χ4v) is 2.37. The summed E-state index contributed by atoms with van der Waals surface area (Å²) in [4.78, 5) is 14.5. The topological polar surface area (TPSA) is 71.4 Å². The molecule has 2 rings (SSSR count). The van der Waals surface area contributed by atoms with Gasteiger partial charge in [-0.3, -0.25) is 4.79 Å². The Morgan fingerprint density at radius 1 is 1.30 bits per heavy atom. The third-order valence-electron chi connectivity index (χ3n) is 3.85. The second-order valence-electron chi connectivity index (χ2n) is 5.69. The molecule has 2 N–H and O–H groups in total. The fourth-order valence-electron chi connectivity index (χ4n) is 2.37. The number of hydrogen-bond acceptors (Lipinski definition) is 5. The molecule has 0 spiro atoms. The molecule has 0 radical (unpaired) electrons. The summed E-state index contributed by atoms with van der Waals surface area (Å²) in [5.74, 6) is -1.23. The number of benzene rings is 1. The van der Waals surface area contributed by atoms with Crippen LogP contribution in [0.25, 0.3) is 0 Å². The van der Waals surface area contributed by atoms with Gasteiger partial charge in [0.05, 0.1) is 6.07 Å². The van der Waals surface area contributed by atoms with Crippen molar-refractivity contribution in [2.24, 2.45) is 5.92 Å². The lowest BCUT2D eigenvalue weighted by Gasteiger charge is -2.34. The van der Waals surface area contributed by atoms with E-state index in [-0.39, 0.29) is 5.91 Å². The van der Waals surface area contributed by atoms with Crippen LogP contribution in [0.4, 0.5) is 0 Å². The van der Waals surface area contributed by atoms with E-state index in [1.165, 1.54) is 0 Å². The van der Waals surface area contributed by atoms with Crippen molar-refractivity contribution in [3.05, 3.63) is 48.2 Å². The third kappa shape index (κ3) is 5.09. The first-order chi connectivity index (χ1) is 11.1. The number of nitrogens with one attached hydrogen (secondary N) is 2. The van der Waals surface area contributed by atoms with E-state index in [4.69, 9.17) is 0 Å². The Hall–Kier alpha value is -2.36. The van der Waals surface area contributed by atoms with Gasteiger partial charge in [-0.2, -0.15) is 5.26 Å². The second kappa shape index (κ2) is 8.32. The molecule has 1 fully saturated rings. The van der Waals surface area contributed by atoms with E-state index in [1.807, 2.05) is 41.4 Å². The van der Waals surface area contributed by atoms with E-state index in [0.717, 1.165) is 31.7 Å². The predicted molar refractivity (Wildman–Crippen MR) is 88.7 cm³/mol. The Morgan fingerprint density at radius 2 is 1.96 bits per heavy atom. The van der Waals surface area contributed by atoms with Gasteiger partial charge in [0.1, 0.15) is 0 Å². The van der Waals surface area contributed by atoms with Crippen molar-refractivity contribution >= 4 is 5.91 Å². The van der Waals surface area contributed by atoms with Gasteiger partial charge < -0.3 is 15.6 Å². The van der Waals surface area contributed by atoms with Crippen LogP contribution in [0.3, 0.4) is 0 Å². The van der Waals surface area contributed by atoms with Crippen LogP contribution in [-0.4, -0.2) is 49.0 Å². The minimum atomic E-state index is -0.904. The average Bonchev–Trinajstić information content (AvgIpc) is 2.57. The van der Waals surface area contributed by atoms with Gasteiger partial charge in [0.15, 0.2) is 5.92 Å². The first-order valence-electron chi connectivity index (χ1n) is 7.70. The van der Waals surface area contributed by atoms with Crippen molar-refractivity contribution in [2.45, 2.75) is 6.54 Å². The molecule has 1 heterocycles. The van der Waals surface area contributed by atoms with E-state index < -0.39 is 5.92 Å². The van der Waals surface area contributed by atoms with Crippen LogP contribution in [0.5, 0.6) is 0 Å². The van der Waals surface area contributed by atoms with Gasteiger partial charge >= 0.3 is 0 Å². The number of carbonyl (C=O) groups excluding carboxylic acids is 1. The lowest BCUT2D eigenvalue weighted by atomic mass is 10.1. The van der Waals surface area contributed by atoms with Crippen LogP contribution in [0.1, 0.15) is 5.56 Å². The Labute approximate surface area is 137 Å². The van der Waals surface area contributed by atoms with E-state index in [0.29, 0.717) is 12.2 Å². The van der Waals surface area contributed by atoms with Crippen LogP contribution in [0.15, 0.2) is 42.6 Å². The Morgan fingerprint density at radius 3 is 2.57 bits per heavy atom. The van der Waals surface area contributed by atoms with Gasteiger partial charge in [-0.05, 0) is 12.6 Å². The first-order valence-corrected chi connectivity index (χ1v) is 7.70. The summed E-state index contributed by atoms with van der Waals surface area (Å²) in [6.45, 7) is 7.82. The zero-order valence-electron chi connectivity index (χ0n) is 13.5. The SMILES string of the molecule is C=C(NN1CCN(C)CC1)[C@H](C#N)C(=O)NCc1ccccc1. The minimum Gasteiger partial charge on any atom is -0.351 e. The van der Waals surface area contributed by atoms with E-state index in [9.17, 15) is 10.1 Å². The molecule has 23 heavy (non-hydrogen) atoms. The summed E-state index contributed by atoms with van der Waals surface area (Å²) < 4.78 is 0. The Bertz CT molecular complexity index is 572. The van der Waals surface area contributed by atoms with Crippen molar-refractivity contribution in [2.75, 3.05) is 33.2 Å². The number of carbonyl (C=O) groups is 1. The highest BCUT2D eigenvalue weighted by Gasteiger charge is 2.23. The lowest BCUT2D eigenvalue weighted by molar-refractivity contribution is -0.122. The van der Waals surface area contributed by atoms with Gasteiger partial charge in [0.25, 0.3) is 0 Å². The zero-order chi connectivity index (χ0) is 16.7. The Balaban J connectivity index is 1.84. The van der Waals surface area contributed by atoms with Crippen LogP contribution in [-0.2, 0) is 11.3 Å². The van der Waals surface area contributed by atoms with Crippen LogP contribution in [0, 0.1) is 17.2 Å². The molecule has 0 aliphatic carbocycles. The summed E-state index contributed by atoms with van der Waals surface area (Å²) >= 11 is 0. The van der Waals surface area contributed by atoms with Gasteiger partial charge in [-0.25, -0.2) is 5.01 Å². The molecule has 0 bridgehead atoms. The van der Waals surface area contributed by atoms with Gasteiger partial charge in [-0.15, -0.1) is 0 Å². The summed E-state index contributed by atoms with van der Waals surface area (Å²) in [7, 11) is 2.07. The monoisotopic (exact) mass is 313 g/mol. The molecule has 1 amide bonds. The number of nitrogens with zero attached hydrogens (tertiary/aromatic N) is 3. The summed E-state index contributed by atoms with van der Waals surface area (Å²) in [6, 6.07) is 11.6. The van der Waals surface area contributed by atoms with Crippen molar-refractivity contribution in [1.82, 2.24) is 20.7 Å². The van der Waals surface area contributed by atoms with Gasteiger partial charge in [0.2, 0.25) is 5.91 Å². The molecular formula is C17H23N5O. The molecular weight excluding hydrogens is 290 g/mol. The zero-order valence-corrected chi connectivity index (χ0v) is 13.5. The quantitative estimate of drug-likeness (QED) is 0.809. The van der Waals surface area contributed by atoms with Crippen LogP contribution < -0.4 is 10.7 Å². The van der Waals surface area contributed by atoms with Gasteiger partial charge in [-0.1, -0.05) is 36.9 Å². The number of piperazine rings is 1.